The monoisotopic (exact) mass is 912 g/mol. The summed E-state index contributed by atoms with van der Waals surface area (Å²) in [4.78, 5) is 22.5. The summed E-state index contributed by atoms with van der Waals surface area (Å²) >= 11 is 0. The van der Waals surface area contributed by atoms with Gasteiger partial charge >= 0.3 is 39.0 Å². The molecule has 4 rings (SSSR count). The third-order valence-electron chi connectivity index (χ3n) is 5.38. The first-order valence-corrected chi connectivity index (χ1v) is 14.9. The van der Waals surface area contributed by atoms with E-state index in [4.69, 9.17) is 0 Å². The molecule has 22 N–H and O–H groups in total. The Morgan fingerprint density at radius 1 is 0.500 bits per heavy atom. The van der Waals surface area contributed by atoms with Crippen LogP contribution in [0.2, 0.25) is 0 Å². The molecule has 54 heavy (non-hydrogen) atoms. The third-order valence-corrected chi connectivity index (χ3v) is 7.17. The molecule has 0 spiro atoms. The molecule has 2 amide bonds. The first-order chi connectivity index (χ1) is 20.8. The van der Waals surface area contributed by atoms with Gasteiger partial charge in [0.05, 0.1) is 33.3 Å². The summed E-state index contributed by atoms with van der Waals surface area (Å²) in [7, 11) is -9.55. The number of para-hydroxylation sites is 2. The van der Waals surface area contributed by atoms with E-state index in [9.17, 15) is 45.7 Å². The molecule has 4 aromatic rings. The summed E-state index contributed by atoms with van der Waals surface area (Å²) < 4.78 is 66.5. The maximum Gasteiger partial charge on any atom is 2.00 e. The molecule has 0 aliphatic carbocycles. The van der Waals surface area contributed by atoms with Crippen LogP contribution >= 0.6 is 0 Å². The molecule has 0 saturated heterocycles. The molecule has 22 nitrogen and oxygen atoms in total. The van der Waals surface area contributed by atoms with Crippen molar-refractivity contribution in [3.8, 4) is 11.5 Å². The molecule has 0 unspecified atom stereocenters. The quantitative estimate of drug-likeness (QED) is 0.0554. The summed E-state index contributed by atoms with van der Waals surface area (Å²) in [5.41, 5.74) is 4.04. The zero-order valence-electron chi connectivity index (χ0n) is 27.9. The third kappa shape index (κ3) is 20.1. The van der Waals surface area contributed by atoms with Crippen LogP contribution in [0.15, 0.2) is 117 Å². The van der Waals surface area contributed by atoms with Gasteiger partial charge in [0.1, 0.15) is 20.2 Å². The molecule has 0 radical (unpaired) electrons. The van der Waals surface area contributed by atoms with Crippen LogP contribution < -0.4 is 21.1 Å². The van der Waals surface area contributed by atoms with E-state index in [-0.39, 0.29) is 117 Å². The number of hydrogen-bond acceptors (Lipinski definition) is 12. The standard InChI is InChI=1S/2C14H12N2O5S.8H2O.2Zn/c2*17-12-7-3-1-5-10(12)9-15-16-14(18)11-6-2-4-8-13(11)22(19,20)21;;;;;;;;;;/h2*1-9,17H,(H,16,18)(H,19,20,21);8*1H2;;/q;;;;;;;;;;2*+2/b2*15-9+;;;;;;;;;;. The minimum Gasteiger partial charge on any atom is -0.872 e. The number of rotatable bonds is 8. The fraction of sp³-hybridized carbons (Fsp3) is 0. The minimum absolute atomic E-state index is 0. The summed E-state index contributed by atoms with van der Waals surface area (Å²) in [6, 6.07) is 22.0. The molecule has 0 aromatic heterocycles. The second-order valence-electron chi connectivity index (χ2n) is 8.37. The number of benzene rings is 4. The number of hydrazone groups is 2. The topological polar surface area (TPSA) is 501 Å². The van der Waals surface area contributed by atoms with E-state index in [1.165, 1.54) is 60.7 Å². The molecule has 0 fully saturated rings. The fourth-order valence-electron chi connectivity index (χ4n) is 3.36. The van der Waals surface area contributed by atoms with Gasteiger partial charge in [-0.15, -0.1) is 0 Å². The maximum atomic E-state index is 11.9. The average molecular weight is 916 g/mol. The Labute approximate surface area is 333 Å². The Morgan fingerprint density at radius 3 is 1.04 bits per heavy atom. The summed E-state index contributed by atoms with van der Waals surface area (Å²) in [5, 5.41) is 30.0. The molecule has 26 heteroatoms. The van der Waals surface area contributed by atoms with Crippen LogP contribution in [0.25, 0.3) is 0 Å². The van der Waals surface area contributed by atoms with Crippen molar-refractivity contribution in [1.82, 2.24) is 10.9 Å². The zero-order valence-corrected chi connectivity index (χ0v) is 35.5. The number of amides is 2. The Morgan fingerprint density at radius 2 is 0.759 bits per heavy atom. The predicted octanol–water partition coefficient (Wildman–Crippen LogP) is -6.13. The van der Waals surface area contributed by atoms with Crippen LogP contribution in [0, 0.1) is 0 Å². The van der Waals surface area contributed by atoms with Gasteiger partial charge in [-0.05, 0) is 35.4 Å². The van der Waals surface area contributed by atoms with Gasteiger partial charge in [-0.2, -0.15) is 10.2 Å². The van der Waals surface area contributed by atoms with E-state index in [2.05, 4.69) is 21.1 Å². The second-order valence-corrected chi connectivity index (χ2v) is 11.1. The first-order valence-electron chi connectivity index (χ1n) is 12.1. The molecule has 292 valence electrons. The predicted molar refractivity (Wildman–Crippen MR) is 185 cm³/mol. The van der Waals surface area contributed by atoms with Crippen molar-refractivity contribution < 1.29 is 129 Å². The summed E-state index contributed by atoms with van der Waals surface area (Å²) in [5.74, 6) is -2.28. The number of carbonyl (C=O) groups is 2. The van der Waals surface area contributed by atoms with Gasteiger partial charge in [-0.3, -0.25) is 9.59 Å². The van der Waals surface area contributed by atoms with E-state index in [0.29, 0.717) is 0 Å². The van der Waals surface area contributed by atoms with Gasteiger partial charge in [0.15, 0.2) is 0 Å². The molecular formula is C28H40N4O18S2Zn2+4. The molecule has 4 aromatic carbocycles. The van der Waals surface area contributed by atoms with Crippen LogP contribution in [0.3, 0.4) is 0 Å². The zero-order chi connectivity index (χ0) is 32.3. The number of carbonyl (C=O) groups excluding carboxylic acids is 2. The van der Waals surface area contributed by atoms with E-state index in [0.717, 1.165) is 24.6 Å². The van der Waals surface area contributed by atoms with Gasteiger partial charge in [0.25, 0.3) is 11.8 Å². The minimum atomic E-state index is -4.78. The number of nitrogens with zero attached hydrogens (tertiary/aromatic N) is 2. The van der Waals surface area contributed by atoms with Crippen molar-refractivity contribution in [2.24, 2.45) is 10.2 Å². The maximum absolute atomic E-state index is 11.9. The van der Waals surface area contributed by atoms with Crippen LogP contribution in [-0.4, -0.2) is 72.1 Å². The van der Waals surface area contributed by atoms with Crippen LogP contribution in [0.4, 0.5) is 0 Å². The van der Waals surface area contributed by atoms with E-state index in [1.54, 1.807) is 24.3 Å². The van der Waals surface area contributed by atoms with Gasteiger partial charge in [0, 0.05) is 0 Å². The molecular weight excluding hydrogens is 875 g/mol. The van der Waals surface area contributed by atoms with E-state index >= 15 is 0 Å². The number of nitrogens with one attached hydrogen (secondary N) is 2. The first kappa shape index (κ1) is 67.6. The largest absolute Gasteiger partial charge is 2.00 e. The van der Waals surface area contributed by atoms with Crippen molar-refractivity contribution in [2.45, 2.75) is 9.79 Å². The Bertz CT molecular complexity index is 1830. The van der Waals surface area contributed by atoms with Crippen molar-refractivity contribution in [3.63, 3.8) is 0 Å². The van der Waals surface area contributed by atoms with Crippen molar-refractivity contribution in [3.05, 3.63) is 119 Å². The van der Waals surface area contributed by atoms with Crippen LogP contribution in [0.1, 0.15) is 31.8 Å². The van der Waals surface area contributed by atoms with Crippen LogP contribution in [0.5, 0.6) is 11.5 Å². The molecule has 0 saturated carbocycles. The molecule has 0 atom stereocenters. The SMILES string of the molecule is O.O.O.O.O=C(N/N=C/c1ccccc1[O-])c1ccccc1S(=O)(=O)[O-].O=C(N/N=C/c1ccccc1[O-])c1ccccc1S(=O)(=O)[O-].[OH3+].[OH3+].[OH3+].[OH3+].[Zn+2].[Zn+2]. The summed E-state index contributed by atoms with van der Waals surface area (Å²) in [6.07, 6.45) is 2.27. The fourth-order valence-corrected chi connectivity index (χ4v) is 4.71. The molecule has 0 heterocycles. The Balaban J connectivity index is -0.000000110. The molecule has 0 aliphatic heterocycles. The van der Waals surface area contributed by atoms with Gasteiger partial charge in [-0.1, -0.05) is 84.3 Å². The van der Waals surface area contributed by atoms with E-state index in [1.807, 2.05) is 0 Å². The van der Waals surface area contributed by atoms with Crippen molar-refractivity contribution in [1.29, 1.82) is 0 Å². The smallest absolute Gasteiger partial charge is 0.872 e. The normalized spacial score (nSPS) is 9.37. The van der Waals surface area contributed by atoms with Gasteiger partial charge < -0.3 is 63.1 Å². The molecule has 0 bridgehead atoms. The average Bonchev–Trinajstić information content (AvgIpc) is 2.98. The number of hydrogen-bond donors (Lipinski definition) is 2. The Hall–Kier alpha value is -4.49. The van der Waals surface area contributed by atoms with E-state index < -0.39 is 41.8 Å². The molecule has 0 aliphatic rings. The Kier molecular flexibility index (Phi) is 38.7. The van der Waals surface area contributed by atoms with Gasteiger partial charge in [-0.25, -0.2) is 27.7 Å². The van der Waals surface area contributed by atoms with Gasteiger partial charge in [0.2, 0.25) is 0 Å². The second kappa shape index (κ2) is 30.9. The van der Waals surface area contributed by atoms with Crippen molar-refractivity contribution >= 4 is 44.5 Å². The van der Waals surface area contributed by atoms with Crippen LogP contribution in [-0.2, 0) is 81.1 Å². The van der Waals surface area contributed by atoms with Crippen molar-refractivity contribution in [2.75, 3.05) is 0 Å². The summed E-state index contributed by atoms with van der Waals surface area (Å²) in [6.45, 7) is 0.